The smallest absolute Gasteiger partial charge is 0.246 e. The van der Waals surface area contributed by atoms with E-state index in [4.69, 9.17) is 21.1 Å². The maximum Gasteiger partial charge on any atom is 0.246 e. The third-order valence-corrected chi connectivity index (χ3v) is 8.74. The zero-order valence-corrected chi connectivity index (χ0v) is 22.5. The Hall–Kier alpha value is -3.36. The van der Waals surface area contributed by atoms with Crippen LogP contribution in [0.5, 0.6) is 5.75 Å². The SMILES string of the molecule is COc1ccccc1CN1C(=O)[C@H]2[C@H](C(=O)Nc3cccc(Cl)c3)[C@H]3C=C[C@@]2(O3)[C@H]1C(=O)NC1CCCCC1. The number of para-hydroxylation sites is 1. The van der Waals surface area contributed by atoms with Gasteiger partial charge in [0.05, 0.1) is 31.6 Å². The molecule has 3 heterocycles. The summed E-state index contributed by atoms with van der Waals surface area (Å²) >= 11 is 6.11. The second kappa shape index (κ2) is 10.3. The summed E-state index contributed by atoms with van der Waals surface area (Å²) in [4.78, 5) is 43.3. The Balaban J connectivity index is 1.34. The number of carbonyl (C=O) groups is 3. The van der Waals surface area contributed by atoms with Crippen molar-refractivity contribution >= 4 is 35.0 Å². The lowest BCUT2D eigenvalue weighted by Gasteiger charge is -2.34. The molecule has 3 aliphatic heterocycles. The lowest BCUT2D eigenvalue weighted by Crippen LogP contribution is -2.56. The van der Waals surface area contributed by atoms with E-state index in [0.29, 0.717) is 16.5 Å². The van der Waals surface area contributed by atoms with Crippen molar-refractivity contribution in [3.8, 4) is 5.75 Å². The van der Waals surface area contributed by atoms with Crippen molar-refractivity contribution in [3.05, 3.63) is 71.3 Å². The summed E-state index contributed by atoms with van der Waals surface area (Å²) in [7, 11) is 1.58. The standard InChI is InChI=1S/C30H32ClN3O5/c1-38-22-13-6-5-8-18(22)17-34-26(28(36)32-20-10-3-2-4-11-20)30-15-14-23(39-30)24(25(30)29(34)37)27(35)33-21-12-7-9-19(31)16-21/h5-9,12-16,20,23-26H,2-4,10-11,17H2,1H3,(H,32,36)(H,33,35)/t23-,24-,25-,26-,30+/m1/s1. The van der Waals surface area contributed by atoms with Crippen LogP contribution in [-0.4, -0.2) is 53.5 Å². The lowest BCUT2D eigenvalue weighted by atomic mass is 9.74. The number of halogens is 1. The number of nitrogens with one attached hydrogen (secondary N) is 2. The van der Waals surface area contributed by atoms with E-state index in [1.54, 1.807) is 36.3 Å². The van der Waals surface area contributed by atoms with Crippen molar-refractivity contribution in [3.63, 3.8) is 0 Å². The average Bonchev–Trinajstić information content (AvgIpc) is 3.57. The van der Waals surface area contributed by atoms with Crippen molar-refractivity contribution in [2.24, 2.45) is 11.8 Å². The number of nitrogens with zero attached hydrogens (tertiary/aromatic N) is 1. The molecule has 39 heavy (non-hydrogen) atoms. The monoisotopic (exact) mass is 549 g/mol. The van der Waals surface area contributed by atoms with Crippen molar-refractivity contribution in [1.29, 1.82) is 0 Å². The lowest BCUT2D eigenvalue weighted by molar-refractivity contribution is -0.142. The zero-order chi connectivity index (χ0) is 27.1. The van der Waals surface area contributed by atoms with Gasteiger partial charge in [-0.15, -0.1) is 0 Å². The van der Waals surface area contributed by atoms with Gasteiger partial charge in [0.1, 0.15) is 17.4 Å². The zero-order valence-electron chi connectivity index (χ0n) is 21.8. The first-order valence-electron chi connectivity index (χ1n) is 13.6. The number of hydrogen-bond acceptors (Lipinski definition) is 5. The molecule has 9 heteroatoms. The minimum Gasteiger partial charge on any atom is -0.496 e. The Morgan fingerprint density at radius 2 is 1.90 bits per heavy atom. The Kier molecular flexibility index (Phi) is 6.85. The van der Waals surface area contributed by atoms with Gasteiger partial charge in [0.25, 0.3) is 0 Å². The van der Waals surface area contributed by atoms with Crippen molar-refractivity contribution in [2.45, 2.75) is 62.4 Å². The molecule has 204 valence electrons. The first-order chi connectivity index (χ1) is 18.9. The van der Waals surface area contributed by atoms with Gasteiger partial charge in [-0.25, -0.2) is 0 Å². The average molecular weight is 550 g/mol. The number of hydrogen-bond donors (Lipinski definition) is 2. The highest BCUT2D eigenvalue weighted by atomic mass is 35.5. The van der Waals surface area contributed by atoms with Crippen LogP contribution in [0.3, 0.4) is 0 Å². The fraction of sp³-hybridized carbons (Fsp3) is 0.433. The van der Waals surface area contributed by atoms with Gasteiger partial charge in [0.2, 0.25) is 17.7 Å². The van der Waals surface area contributed by atoms with Crippen LogP contribution in [-0.2, 0) is 25.7 Å². The third-order valence-electron chi connectivity index (χ3n) is 8.50. The number of amides is 3. The van der Waals surface area contributed by atoms with E-state index in [9.17, 15) is 14.4 Å². The topological polar surface area (TPSA) is 97.0 Å². The van der Waals surface area contributed by atoms with Gasteiger partial charge in [0, 0.05) is 22.3 Å². The van der Waals surface area contributed by atoms with E-state index in [1.165, 1.54) is 0 Å². The van der Waals surface area contributed by atoms with Crippen LogP contribution in [0.1, 0.15) is 37.7 Å². The second-order valence-electron chi connectivity index (χ2n) is 10.8. The predicted molar refractivity (Wildman–Crippen MR) is 146 cm³/mol. The molecule has 2 aromatic rings. The van der Waals surface area contributed by atoms with Crippen LogP contribution in [0.4, 0.5) is 5.69 Å². The van der Waals surface area contributed by atoms with Gasteiger partial charge in [0.15, 0.2) is 0 Å². The molecule has 8 nitrogen and oxygen atoms in total. The van der Waals surface area contributed by atoms with E-state index >= 15 is 0 Å². The van der Waals surface area contributed by atoms with E-state index in [1.807, 2.05) is 36.4 Å². The molecule has 2 saturated heterocycles. The highest BCUT2D eigenvalue weighted by molar-refractivity contribution is 6.30. The summed E-state index contributed by atoms with van der Waals surface area (Å²) in [6.07, 6.45) is 8.18. The largest absolute Gasteiger partial charge is 0.496 e. The van der Waals surface area contributed by atoms with E-state index in [0.717, 1.165) is 37.7 Å². The van der Waals surface area contributed by atoms with E-state index in [-0.39, 0.29) is 30.3 Å². The number of likely N-dealkylation sites (tertiary alicyclic amines) is 1. The van der Waals surface area contributed by atoms with Gasteiger partial charge in [-0.1, -0.05) is 67.3 Å². The summed E-state index contributed by atoms with van der Waals surface area (Å²) in [5, 5.41) is 6.61. The number of fused-ring (bicyclic) bond motifs is 1. The molecular formula is C30H32ClN3O5. The number of anilines is 1. The van der Waals surface area contributed by atoms with Crippen LogP contribution < -0.4 is 15.4 Å². The van der Waals surface area contributed by atoms with Crippen molar-refractivity contribution in [2.75, 3.05) is 12.4 Å². The molecule has 0 unspecified atom stereocenters. The van der Waals surface area contributed by atoms with Crippen LogP contribution >= 0.6 is 11.6 Å². The maximum atomic E-state index is 14.2. The van der Waals surface area contributed by atoms with Crippen molar-refractivity contribution < 1.29 is 23.9 Å². The van der Waals surface area contributed by atoms with Gasteiger partial charge in [-0.3, -0.25) is 14.4 Å². The Morgan fingerprint density at radius 1 is 1.10 bits per heavy atom. The number of methoxy groups -OCH3 is 1. The first kappa shape index (κ1) is 25.9. The van der Waals surface area contributed by atoms with E-state index < -0.39 is 29.6 Å². The van der Waals surface area contributed by atoms with Crippen LogP contribution in [0.25, 0.3) is 0 Å². The number of rotatable bonds is 7. The van der Waals surface area contributed by atoms with Crippen LogP contribution in [0.15, 0.2) is 60.7 Å². The minimum atomic E-state index is -1.22. The summed E-state index contributed by atoms with van der Waals surface area (Å²) in [5.74, 6) is -1.84. The van der Waals surface area contributed by atoms with Gasteiger partial charge in [-0.2, -0.15) is 0 Å². The quantitative estimate of drug-likeness (QED) is 0.507. The normalized spacial score (nSPS) is 29.4. The first-order valence-corrected chi connectivity index (χ1v) is 14.0. The fourth-order valence-electron chi connectivity index (χ4n) is 6.77. The molecule has 1 saturated carbocycles. The highest BCUT2D eigenvalue weighted by Crippen LogP contribution is 2.55. The molecule has 5 atom stereocenters. The molecule has 0 radical (unpaired) electrons. The molecule has 4 aliphatic rings. The molecule has 2 N–H and O–H groups in total. The number of ether oxygens (including phenoxy) is 2. The Labute approximate surface area is 232 Å². The molecule has 6 rings (SSSR count). The summed E-state index contributed by atoms with van der Waals surface area (Å²) < 4.78 is 12.0. The highest BCUT2D eigenvalue weighted by Gasteiger charge is 2.72. The number of carbonyl (C=O) groups excluding carboxylic acids is 3. The number of benzene rings is 2. The summed E-state index contributed by atoms with van der Waals surface area (Å²) in [6.45, 7) is 0.161. The molecule has 3 amide bonds. The fourth-order valence-corrected chi connectivity index (χ4v) is 6.96. The maximum absolute atomic E-state index is 14.2. The van der Waals surface area contributed by atoms with Gasteiger partial charge in [-0.05, 0) is 37.1 Å². The molecule has 2 aromatic carbocycles. The molecule has 3 fully saturated rings. The van der Waals surface area contributed by atoms with Crippen LogP contribution in [0.2, 0.25) is 5.02 Å². The van der Waals surface area contributed by atoms with Crippen LogP contribution in [0, 0.1) is 11.8 Å². The summed E-state index contributed by atoms with van der Waals surface area (Å²) in [5.41, 5.74) is 0.0913. The Morgan fingerprint density at radius 3 is 2.67 bits per heavy atom. The van der Waals surface area contributed by atoms with Gasteiger partial charge >= 0.3 is 0 Å². The molecular weight excluding hydrogens is 518 g/mol. The molecule has 1 aliphatic carbocycles. The summed E-state index contributed by atoms with van der Waals surface area (Å²) in [6, 6.07) is 13.5. The molecule has 0 aromatic heterocycles. The second-order valence-corrected chi connectivity index (χ2v) is 11.3. The molecule has 2 bridgehead atoms. The Bertz CT molecular complexity index is 1330. The molecule has 1 spiro atoms. The van der Waals surface area contributed by atoms with Gasteiger partial charge < -0.3 is 25.0 Å². The van der Waals surface area contributed by atoms with E-state index in [2.05, 4.69) is 10.6 Å². The van der Waals surface area contributed by atoms with Crippen molar-refractivity contribution in [1.82, 2.24) is 10.2 Å². The predicted octanol–water partition coefficient (Wildman–Crippen LogP) is 4.09. The minimum absolute atomic E-state index is 0.0643. The third kappa shape index (κ3) is 4.49.